The largest absolute Gasteiger partial charge is 0.452 e. The van der Waals surface area contributed by atoms with Gasteiger partial charge in [-0.3, -0.25) is 4.79 Å². The van der Waals surface area contributed by atoms with Crippen LogP contribution in [0.5, 0.6) is 0 Å². The maximum absolute atomic E-state index is 13.0. The SMILES string of the molecule is N#Cc1ccc(C(=O)OCC(=O)Nc2cccc(F)c2)cc1. The molecule has 0 aliphatic rings. The fourth-order valence-electron chi connectivity index (χ4n) is 1.66. The Bertz CT molecular complexity index is 736. The van der Waals surface area contributed by atoms with Gasteiger partial charge in [0.2, 0.25) is 0 Å². The van der Waals surface area contributed by atoms with Crippen molar-refractivity contribution in [1.82, 2.24) is 0 Å². The predicted molar refractivity (Wildman–Crippen MR) is 76.5 cm³/mol. The molecule has 6 heteroatoms. The first-order chi connectivity index (χ1) is 10.6. The van der Waals surface area contributed by atoms with Crippen molar-refractivity contribution in [2.75, 3.05) is 11.9 Å². The van der Waals surface area contributed by atoms with E-state index in [-0.39, 0.29) is 11.3 Å². The number of hydrogen-bond donors (Lipinski definition) is 1. The Labute approximate surface area is 125 Å². The topological polar surface area (TPSA) is 79.2 Å². The van der Waals surface area contributed by atoms with Gasteiger partial charge in [-0.2, -0.15) is 5.26 Å². The van der Waals surface area contributed by atoms with Crippen LogP contribution in [0.1, 0.15) is 15.9 Å². The number of ether oxygens (including phenoxy) is 1. The number of benzene rings is 2. The molecule has 22 heavy (non-hydrogen) atoms. The molecule has 0 heterocycles. The molecule has 0 aromatic heterocycles. The van der Waals surface area contributed by atoms with Crippen molar-refractivity contribution in [2.24, 2.45) is 0 Å². The van der Waals surface area contributed by atoms with Crippen LogP contribution in [0.2, 0.25) is 0 Å². The first-order valence-corrected chi connectivity index (χ1v) is 6.31. The summed E-state index contributed by atoms with van der Waals surface area (Å²) in [5.41, 5.74) is 0.928. The average Bonchev–Trinajstić information content (AvgIpc) is 2.52. The van der Waals surface area contributed by atoms with E-state index in [2.05, 4.69) is 5.32 Å². The average molecular weight is 298 g/mol. The number of esters is 1. The van der Waals surface area contributed by atoms with Crippen molar-refractivity contribution >= 4 is 17.6 Å². The van der Waals surface area contributed by atoms with Crippen LogP contribution in [0.25, 0.3) is 0 Å². The number of carbonyl (C=O) groups excluding carboxylic acids is 2. The molecule has 0 saturated carbocycles. The van der Waals surface area contributed by atoms with Crippen molar-refractivity contribution in [1.29, 1.82) is 5.26 Å². The molecule has 0 fully saturated rings. The van der Waals surface area contributed by atoms with Gasteiger partial charge in [0.05, 0.1) is 17.2 Å². The van der Waals surface area contributed by atoms with Gasteiger partial charge >= 0.3 is 5.97 Å². The van der Waals surface area contributed by atoms with Crippen LogP contribution < -0.4 is 5.32 Å². The summed E-state index contributed by atoms with van der Waals surface area (Å²) in [5.74, 6) is -1.74. The Balaban J connectivity index is 1.87. The molecule has 0 radical (unpaired) electrons. The zero-order valence-electron chi connectivity index (χ0n) is 11.4. The van der Waals surface area contributed by atoms with Gasteiger partial charge in [-0.25, -0.2) is 9.18 Å². The highest BCUT2D eigenvalue weighted by Crippen LogP contribution is 2.09. The third kappa shape index (κ3) is 4.15. The van der Waals surface area contributed by atoms with Gasteiger partial charge < -0.3 is 10.1 Å². The highest BCUT2D eigenvalue weighted by Gasteiger charge is 2.10. The highest BCUT2D eigenvalue weighted by atomic mass is 19.1. The third-order valence-electron chi connectivity index (χ3n) is 2.69. The quantitative estimate of drug-likeness (QED) is 0.879. The van der Waals surface area contributed by atoms with Crippen LogP contribution >= 0.6 is 0 Å². The second-order valence-corrected chi connectivity index (χ2v) is 4.32. The number of nitrogens with zero attached hydrogens (tertiary/aromatic N) is 1. The van der Waals surface area contributed by atoms with E-state index < -0.39 is 24.3 Å². The monoisotopic (exact) mass is 298 g/mol. The van der Waals surface area contributed by atoms with Crippen molar-refractivity contribution < 1.29 is 18.7 Å². The maximum atomic E-state index is 13.0. The minimum Gasteiger partial charge on any atom is -0.452 e. The Kier molecular flexibility index (Phi) is 4.83. The summed E-state index contributed by atoms with van der Waals surface area (Å²) in [6.07, 6.45) is 0. The minimum absolute atomic E-state index is 0.234. The number of amides is 1. The lowest BCUT2D eigenvalue weighted by Crippen LogP contribution is -2.21. The van der Waals surface area contributed by atoms with Crippen LogP contribution in [-0.4, -0.2) is 18.5 Å². The molecule has 2 aromatic rings. The molecule has 0 atom stereocenters. The molecular formula is C16H11FN2O3. The van der Waals surface area contributed by atoms with Crippen LogP contribution in [-0.2, 0) is 9.53 Å². The second kappa shape index (κ2) is 6.99. The van der Waals surface area contributed by atoms with Gasteiger partial charge in [0.1, 0.15) is 5.82 Å². The summed E-state index contributed by atoms with van der Waals surface area (Å²) in [6.45, 7) is -0.491. The zero-order valence-corrected chi connectivity index (χ0v) is 11.4. The lowest BCUT2D eigenvalue weighted by atomic mass is 10.1. The Morgan fingerprint density at radius 1 is 1.18 bits per heavy atom. The Hall–Kier alpha value is -3.20. The molecule has 0 unspecified atom stereocenters. The molecule has 0 spiro atoms. The first-order valence-electron chi connectivity index (χ1n) is 6.31. The van der Waals surface area contributed by atoms with Gasteiger partial charge in [0.15, 0.2) is 6.61 Å². The van der Waals surface area contributed by atoms with Crippen LogP contribution in [0.3, 0.4) is 0 Å². The van der Waals surface area contributed by atoms with E-state index in [0.717, 1.165) is 6.07 Å². The zero-order chi connectivity index (χ0) is 15.9. The predicted octanol–water partition coefficient (Wildman–Crippen LogP) is 2.49. The summed E-state index contributed by atoms with van der Waals surface area (Å²) < 4.78 is 17.8. The fraction of sp³-hybridized carbons (Fsp3) is 0.0625. The molecule has 2 aromatic carbocycles. The molecule has 110 valence electrons. The maximum Gasteiger partial charge on any atom is 0.338 e. The van der Waals surface area contributed by atoms with E-state index in [4.69, 9.17) is 10.00 Å². The molecule has 0 aliphatic heterocycles. The summed E-state index contributed by atoms with van der Waals surface area (Å²) in [6, 6.07) is 13.1. The van der Waals surface area contributed by atoms with Gasteiger partial charge in [-0.1, -0.05) is 6.07 Å². The number of halogens is 1. The van der Waals surface area contributed by atoms with Gasteiger partial charge in [-0.15, -0.1) is 0 Å². The van der Waals surface area contributed by atoms with Crippen molar-refractivity contribution in [3.8, 4) is 6.07 Å². The van der Waals surface area contributed by atoms with Gasteiger partial charge in [-0.05, 0) is 42.5 Å². The van der Waals surface area contributed by atoms with E-state index in [1.807, 2.05) is 6.07 Å². The van der Waals surface area contributed by atoms with E-state index in [1.165, 1.54) is 42.5 Å². The number of rotatable bonds is 4. The number of carbonyl (C=O) groups is 2. The molecule has 0 bridgehead atoms. The third-order valence-corrected chi connectivity index (χ3v) is 2.69. The number of nitrogens with one attached hydrogen (secondary N) is 1. The van der Waals surface area contributed by atoms with E-state index in [0.29, 0.717) is 5.56 Å². The summed E-state index contributed by atoms with van der Waals surface area (Å²) >= 11 is 0. The molecule has 0 saturated heterocycles. The van der Waals surface area contributed by atoms with Crippen LogP contribution in [0, 0.1) is 17.1 Å². The lowest BCUT2D eigenvalue weighted by molar-refractivity contribution is -0.119. The normalized spacial score (nSPS) is 9.64. The lowest BCUT2D eigenvalue weighted by Gasteiger charge is -2.06. The Morgan fingerprint density at radius 2 is 1.91 bits per heavy atom. The number of anilines is 1. The molecule has 0 aliphatic carbocycles. The van der Waals surface area contributed by atoms with Gasteiger partial charge in [0.25, 0.3) is 5.91 Å². The summed E-state index contributed by atoms with van der Waals surface area (Å²) in [7, 11) is 0. The van der Waals surface area contributed by atoms with E-state index >= 15 is 0 Å². The highest BCUT2D eigenvalue weighted by molar-refractivity contribution is 5.95. The molecular weight excluding hydrogens is 287 g/mol. The molecule has 1 amide bonds. The first kappa shape index (κ1) is 15.2. The Morgan fingerprint density at radius 3 is 2.55 bits per heavy atom. The van der Waals surface area contributed by atoms with Crippen LogP contribution in [0.4, 0.5) is 10.1 Å². The summed E-state index contributed by atoms with van der Waals surface area (Å²) in [5, 5.41) is 11.1. The van der Waals surface area contributed by atoms with E-state index in [9.17, 15) is 14.0 Å². The molecule has 1 N–H and O–H groups in total. The van der Waals surface area contributed by atoms with E-state index in [1.54, 1.807) is 0 Å². The molecule has 5 nitrogen and oxygen atoms in total. The smallest absolute Gasteiger partial charge is 0.338 e. The second-order valence-electron chi connectivity index (χ2n) is 4.32. The summed E-state index contributed by atoms with van der Waals surface area (Å²) in [4.78, 5) is 23.3. The number of nitriles is 1. The molecule has 2 rings (SSSR count). The minimum atomic E-state index is -0.682. The van der Waals surface area contributed by atoms with Crippen molar-refractivity contribution in [2.45, 2.75) is 0 Å². The standard InChI is InChI=1S/C16H11FN2O3/c17-13-2-1-3-14(8-13)19-15(20)10-22-16(21)12-6-4-11(9-18)5-7-12/h1-8H,10H2,(H,19,20). The van der Waals surface area contributed by atoms with Crippen molar-refractivity contribution in [3.05, 3.63) is 65.5 Å². The number of hydrogen-bond acceptors (Lipinski definition) is 4. The van der Waals surface area contributed by atoms with Crippen molar-refractivity contribution in [3.63, 3.8) is 0 Å². The fourth-order valence-corrected chi connectivity index (χ4v) is 1.66. The van der Waals surface area contributed by atoms with Gasteiger partial charge in [0, 0.05) is 5.69 Å². The van der Waals surface area contributed by atoms with Crippen LogP contribution in [0.15, 0.2) is 48.5 Å².